The normalized spacial score (nSPS) is 12.1. The number of imide groups is 1. The Balaban J connectivity index is 2.18. The molecule has 0 spiro atoms. The van der Waals surface area contributed by atoms with Crippen molar-refractivity contribution in [3.8, 4) is 10.7 Å². The molecule has 7 nitrogen and oxygen atoms in total. The second-order valence-electron chi connectivity index (χ2n) is 4.14. The van der Waals surface area contributed by atoms with E-state index in [1.807, 2.05) is 29.0 Å². The van der Waals surface area contributed by atoms with Crippen molar-refractivity contribution >= 4 is 35.0 Å². The van der Waals surface area contributed by atoms with Crippen molar-refractivity contribution < 1.29 is 9.59 Å². The van der Waals surface area contributed by atoms with Crippen molar-refractivity contribution in [3.63, 3.8) is 0 Å². The topological polar surface area (TPSA) is 103 Å². The molecular weight excluding hydrogens is 310 g/mol. The Morgan fingerprint density at radius 3 is 2.86 bits per heavy atom. The molecule has 2 aromatic heterocycles. The minimum absolute atomic E-state index is 0.448. The molecule has 0 aliphatic heterocycles. The fourth-order valence-electron chi connectivity index (χ4n) is 1.68. The van der Waals surface area contributed by atoms with Crippen LogP contribution >= 0.6 is 23.1 Å². The summed E-state index contributed by atoms with van der Waals surface area (Å²) in [7, 11) is 0. The quantitative estimate of drug-likeness (QED) is 0.815. The van der Waals surface area contributed by atoms with Crippen LogP contribution in [0.15, 0.2) is 22.7 Å². The van der Waals surface area contributed by atoms with Crippen LogP contribution in [-0.2, 0) is 11.3 Å². The number of carbonyl (C=O) groups excluding carboxylic acids is 2. The molecule has 0 saturated carbocycles. The molecule has 112 valence electrons. The maximum atomic E-state index is 11.7. The van der Waals surface area contributed by atoms with Gasteiger partial charge in [0.15, 0.2) is 11.0 Å². The Kier molecular flexibility index (Phi) is 4.97. The lowest BCUT2D eigenvalue weighted by atomic mass is 10.4. The van der Waals surface area contributed by atoms with Gasteiger partial charge in [-0.3, -0.25) is 10.1 Å². The molecule has 2 heterocycles. The number of primary amides is 1. The summed E-state index contributed by atoms with van der Waals surface area (Å²) in [5.74, 6) is 0.327. The monoisotopic (exact) mass is 325 g/mol. The Bertz CT molecular complexity index is 638. The number of nitrogens with zero attached hydrogens (tertiary/aromatic N) is 3. The molecule has 2 aromatic rings. The molecule has 0 aliphatic carbocycles. The fourth-order valence-corrected chi connectivity index (χ4v) is 3.31. The first-order chi connectivity index (χ1) is 10.0. The van der Waals surface area contributed by atoms with E-state index in [1.165, 1.54) is 11.8 Å². The number of urea groups is 1. The van der Waals surface area contributed by atoms with E-state index < -0.39 is 17.2 Å². The van der Waals surface area contributed by atoms with E-state index in [0.717, 1.165) is 10.7 Å². The average Bonchev–Trinajstić information content (AvgIpc) is 3.05. The van der Waals surface area contributed by atoms with E-state index in [9.17, 15) is 9.59 Å². The molecule has 0 fully saturated rings. The van der Waals surface area contributed by atoms with E-state index in [4.69, 9.17) is 5.73 Å². The van der Waals surface area contributed by atoms with Crippen LogP contribution in [0.4, 0.5) is 4.79 Å². The number of amides is 3. The van der Waals surface area contributed by atoms with Gasteiger partial charge in [-0.2, -0.15) is 0 Å². The smallest absolute Gasteiger partial charge is 0.318 e. The summed E-state index contributed by atoms with van der Waals surface area (Å²) < 4.78 is 1.94. The Hall–Kier alpha value is -1.87. The van der Waals surface area contributed by atoms with Gasteiger partial charge in [0.05, 0.1) is 10.1 Å². The van der Waals surface area contributed by atoms with E-state index in [2.05, 4.69) is 15.5 Å². The van der Waals surface area contributed by atoms with Crippen LogP contribution in [0, 0.1) is 0 Å². The number of carbonyl (C=O) groups is 2. The predicted molar refractivity (Wildman–Crippen MR) is 82.1 cm³/mol. The maximum Gasteiger partial charge on any atom is 0.318 e. The van der Waals surface area contributed by atoms with E-state index in [0.29, 0.717) is 11.7 Å². The molecule has 1 atom stereocenters. The van der Waals surface area contributed by atoms with Crippen molar-refractivity contribution in [2.75, 3.05) is 0 Å². The van der Waals surface area contributed by atoms with Crippen LogP contribution in [0.1, 0.15) is 13.8 Å². The second-order valence-corrected chi connectivity index (χ2v) is 6.40. The zero-order valence-electron chi connectivity index (χ0n) is 11.6. The van der Waals surface area contributed by atoms with Crippen molar-refractivity contribution in [1.82, 2.24) is 20.1 Å². The van der Waals surface area contributed by atoms with Gasteiger partial charge >= 0.3 is 6.03 Å². The van der Waals surface area contributed by atoms with Crippen molar-refractivity contribution in [1.29, 1.82) is 0 Å². The van der Waals surface area contributed by atoms with Crippen molar-refractivity contribution in [2.24, 2.45) is 5.73 Å². The maximum absolute atomic E-state index is 11.7. The van der Waals surface area contributed by atoms with Gasteiger partial charge in [0.25, 0.3) is 0 Å². The Labute approximate surface area is 129 Å². The number of hydrogen-bond acceptors (Lipinski definition) is 6. The van der Waals surface area contributed by atoms with Gasteiger partial charge in [-0.25, -0.2) is 4.79 Å². The van der Waals surface area contributed by atoms with E-state index in [-0.39, 0.29) is 0 Å². The minimum atomic E-state index is -0.858. The summed E-state index contributed by atoms with van der Waals surface area (Å²) >= 11 is 2.82. The predicted octanol–water partition coefficient (Wildman–Crippen LogP) is 1.70. The lowest BCUT2D eigenvalue weighted by molar-refractivity contribution is -0.119. The number of aromatic nitrogens is 3. The highest BCUT2D eigenvalue weighted by molar-refractivity contribution is 8.00. The Morgan fingerprint density at radius 1 is 1.52 bits per heavy atom. The highest BCUT2D eigenvalue weighted by Gasteiger charge is 2.21. The third-order valence-corrected chi connectivity index (χ3v) is 4.62. The van der Waals surface area contributed by atoms with Gasteiger partial charge in [-0.15, -0.1) is 21.5 Å². The summed E-state index contributed by atoms with van der Waals surface area (Å²) in [6, 6.07) is 3.06. The summed E-state index contributed by atoms with van der Waals surface area (Å²) in [6.07, 6.45) is 0. The van der Waals surface area contributed by atoms with Crippen LogP contribution < -0.4 is 11.1 Å². The molecule has 21 heavy (non-hydrogen) atoms. The van der Waals surface area contributed by atoms with Gasteiger partial charge in [0.2, 0.25) is 5.91 Å². The molecule has 0 radical (unpaired) electrons. The molecule has 0 aromatic carbocycles. The van der Waals surface area contributed by atoms with Gasteiger partial charge in [-0.05, 0) is 25.3 Å². The minimum Gasteiger partial charge on any atom is -0.351 e. The summed E-state index contributed by atoms with van der Waals surface area (Å²) in [5.41, 5.74) is 4.94. The number of rotatable bonds is 5. The standard InChI is InChI=1S/C12H15N5O2S2/c1-3-17-9(8-5-4-6-20-8)15-16-12(17)21-7(2)10(18)14-11(13)19/h4-7H,3H2,1-2H3,(H3,13,14,18,19). The number of thiophene rings is 1. The Morgan fingerprint density at radius 2 is 2.29 bits per heavy atom. The third-order valence-electron chi connectivity index (χ3n) is 2.67. The zero-order valence-corrected chi connectivity index (χ0v) is 13.2. The summed E-state index contributed by atoms with van der Waals surface area (Å²) in [4.78, 5) is 23.4. The van der Waals surface area contributed by atoms with E-state index >= 15 is 0 Å². The highest BCUT2D eigenvalue weighted by Crippen LogP contribution is 2.28. The summed E-state index contributed by atoms with van der Waals surface area (Å²) in [6.45, 7) is 4.35. The molecule has 3 amide bonds. The molecular formula is C12H15N5O2S2. The van der Waals surface area contributed by atoms with Gasteiger partial charge in [0, 0.05) is 6.54 Å². The average molecular weight is 325 g/mol. The number of hydrogen-bond donors (Lipinski definition) is 2. The lowest BCUT2D eigenvalue weighted by Crippen LogP contribution is -2.39. The number of nitrogens with one attached hydrogen (secondary N) is 1. The van der Waals surface area contributed by atoms with Crippen LogP contribution in [0.25, 0.3) is 10.7 Å². The SMILES string of the molecule is CCn1c(SC(C)C(=O)NC(N)=O)nnc1-c1cccs1. The van der Waals surface area contributed by atoms with Crippen LogP contribution in [0.5, 0.6) is 0 Å². The molecule has 0 bridgehead atoms. The largest absolute Gasteiger partial charge is 0.351 e. The zero-order chi connectivity index (χ0) is 15.4. The van der Waals surface area contributed by atoms with Gasteiger partial charge in [0.1, 0.15) is 0 Å². The lowest BCUT2D eigenvalue weighted by Gasteiger charge is -2.10. The molecule has 3 N–H and O–H groups in total. The number of thioether (sulfide) groups is 1. The first-order valence-corrected chi connectivity index (χ1v) is 8.03. The molecule has 0 saturated heterocycles. The van der Waals surface area contributed by atoms with E-state index in [1.54, 1.807) is 18.3 Å². The van der Waals surface area contributed by atoms with Crippen molar-refractivity contribution in [2.45, 2.75) is 30.8 Å². The van der Waals surface area contributed by atoms with Crippen LogP contribution in [0.3, 0.4) is 0 Å². The summed E-state index contributed by atoms with van der Waals surface area (Å²) in [5, 5.41) is 12.5. The molecule has 1 unspecified atom stereocenters. The fraction of sp³-hybridized carbons (Fsp3) is 0.333. The van der Waals surface area contributed by atoms with Gasteiger partial charge < -0.3 is 10.3 Å². The highest BCUT2D eigenvalue weighted by atomic mass is 32.2. The first-order valence-electron chi connectivity index (χ1n) is 6.27. The van der Waals surface area contributed by atoms with Crippen LogP contribution in [-0.4, -0.2) is 32.0 Å². The van der Waals surface area contributed by atoms with Crippen LogP contribution in [0.2, 0.25) is 0 Å². The molecule has 9 heteroatoms. The second kappa shape index (κ2) is 6.72. The van der Waals surface area contributed by atoms with Crippen molar-refractivity contribution in [3.05, 3.63) is 17.5 Å². The molecule has 2 rings (SSSR count). The number of nitrogens with two attached hydrogens (primary N) is 1. The third kappa shape index (κ3) is 3.61. The molecule has 0 aliphatic rings. The van der Waals surface area contributed by atoms with Gasteiger partial charge in [-0.1, -0.05) is 17.8 Å². The first kappa shape index (κ1) is 15.5.